The van der Waals surface area contributed by atoms with Crippen LogP contribution in [0.4, 0.5) is 5.13 Å². The summed E-state index contributed by atoms with van der Waals surface area (Å²) in [7, 11) is 0. The molecule has 0 saturated carbocycles. The van der Waals surface area contributed by atoms with Crippen molar-refractivity contribution in [3.05, 3.63) is 11.1 Å². The van der Waals surface area contributed by atoms with Gasteiger partial charge in [0.15, 0.2) is 5.13 Å². The van der Waals surface area contributed by atoms with Crippen LogP contribution >= 0.6 is 11.3 Å². The highest BCUT2D eigenvalue weighted by molar-refractivity contribution is 7.13. The highest BCUT2D eigenvalue weighted by Crippen LogP contribution is 2.18. The number of rotatable bonds is 6. The van der Waals surface area contributed by atoms with E-state index in [1.54, 1.807) is 5.38 Å². The summed E-state index contributed by atoms with van der Waals surface area (Å²) in [6.07, 6.45) is 1.46. The molecule has 0 aromatic carbocycles. The summed E-state index contributed by atoms with van der Waals surface area (Å²) in [5.74, 6) is -0.985. The molecule has 0 bridgehead atoms. The number of hydrogen-bond acceptors (Lipinski definition) is 4. The maximum atomic E-state index is 11.7. The molecule has 94 valence electrons. The number of carboxylic acid groups (broad SMARTS) is 1. The average molecular weight is 256 g/mol. The molecule has 0 radical (unpaired) electrons. The summed E-state index contributed by atoms with van der Waals surface area (Å²) in [5.41, 5.74) is 0.474. The van der Waals surface area contributed by atoms with Crippen LogP contribution < -0.4 is 5.32 Å². The number of hydrogen-bond donors (Lipinski definition) is 2. The highest BCUT2D eigenvalue weighted by Gasteiger charge is 2.15. The standard InChI is InChI=1S/C11H16N2O3S/c1-3-7(4-2)10(16)13-11-12-8(6-17-11)5-9(14)15/h6-7H,3-5H2,1-2H3,(H,14,15)(H,12,13,16). The minimum atomic E-state index is -0.923. The summed E-state index contributed by atoms with van der Waals surface area (Å²) in [4.78, 5) is 26.3. The van der Waals surface area contributed by atoms with Crippen molar-refractivity contribution in [1.82, 2.24) is 4.98 Å². The van der Waals surface area contributed by atoms with Crippen LogP contribution in [0.25, 0.3) is 0 Å². The zero-order valence-electron chi connectivity index (χ0n) is 9.90. The normalized spacial score (nSPS) is 10.5. The van der Waals surface area contributed by atoms with Gasteiger partial charge in [-0.15, -0.1) is 11.3 Å². The number of carbonyl (C=O) groups excluding carboxylic acids is 1. The van der Waals surface area contributed by atoms with E-state index in [1.807, 2.05) is 13.8 Å². The third-order valence-corrected chi connectivity index (χ3v) is 3.28. The number of amides is 1. The van der Waals surface area contributed by atoms with Crippen molar-refractivity contribution in [3.8, 4) is 0 Å². The van der Waals surface area contributed by atoms with Crippen LogP contribution in [0.15, 0.2) is 5.38 Å². The fourth-order valence-electron chi connectivity index (χ4n) is 1.47. The van der Waals surface area contributed by atoms with E-state index in [-0.39, 0.29) is 18.2 Å². The van der Waals surface area contributed by atoms with Crippen LogP contribution in [-0.2, 0) is 16.0 Å². The second-order valence-electron chi connectivity index (χ2n) is 3.72. The Bertz CT molecular complexity index is 399. The number of aromatic nitrogens is 1. The second-order valence-corrected chi connectivity index (χ2v) is 4.58. The topological polar surface area (TPSA) is 79.3 Å². The third-order valence-electron chi connectivity index (χ3n) is 2.47. The third kappa shape index (κ3) is 4.14. The van der Waals surface area contributed by atoms with Crippen LogP contribution in [0.2, 0.25) is 0 Å². The van der Waals surface area contributed by atoms with E-state index in [4.69, 9.17) is 5.11 Å². The maximum Gasteiger partial charge on any atom is 0.309 e. The van der Waals surface area contributed by atoms with Crippen LogP contribution in [0.3, 0.4) is 0 Å². The van der Waals surface area contributed by atoms with Crippen molar-refractivity contribution >= 4 is 28.3 Å². The van der Waals surface area contributed by atoms with E-state index in [2.05, 4.69) is 10.3 Å². The molecule has 0 aliphatic heterocycles. The predicted octanol–water partition coefficient (Wildman–Crippen LogP) is 2.14. The Labute approximate surface area is 104 Å². The summed E-state index contributed by atoms with van der Waals surface area (Å²) in [5, 5.41) is 13.4. The number of carbonyl (C=O) groups is 2. The molecule has 5 nitrogen and oxygen atoms in total. The summed E-state index contributed by atoms with van der Waals surface area (Å²) >= 11 is 1.25. The number of aliphatic carboxylic acids is 1. The first-order valence-electron chi connectivity index (χ1n) is 5.53. The number of thiazole rings is 1. The predicted molar refractivity (Wildman–Crippen MR) is 66.2 cm³/mol. The van der Waals surface area contributed by atoms with Crippen LogP contribution in [0, 0.1) is 5.92 Å². The van der Waals surface area contributed by atoms with Gasteiger partial charge in [-0.3, -0.25) is 9.59 Å². The molecule has 1 aromatic heterocycles. The molecule has 1 rings (SSSR count). The van der Waals surface area contributed by atoms with E-state index >= 15 is 0 Å². The summed E-state index contributed by atoms with van der Waals surface area (Å²) < 4.78 is 0. The monoisotopic (exact) mass is 256 g/mol. The molecule has 0 fully saturated rings. The fraction of sp³-hybridized carbons (Fsp3) is 0.545. The number of nitrogens with one attached hydrogen (secondary N) is 1. The Morgan fingerprint density at radius 1 is 1.47 bits per heavy atom. The van der Waals surface area contributed by atoms with Crippen molar-refractivity contribution in [3.63, 3.8) is 0 Å². The lowest BCUT2D eigenvalue weighted by Crippen LogP contribution is -2.21. The maximum absolute atomic E-state index is 11.7. The van der Waals surface area contributed by atoms with Crippen molar-refractivity contribution in [2.75, 3.05) is 5.32 Å². The van der Waals surface area contributed by atoms with Gasteiger partial charge >= 0.3 is 5.97 Å². The Kier molecular flexibility index (Phi) is 5.09. The van der Waals surface area contributed by atoms with E-state index in [0.29, 0.717) is 10.8 Å². The van der Waals surface area contributed by atoms with E-state index in [9.17, 15) is 9.59 Å². The molecule has 17 heavy (non-hydrogen) atoms. The Morgan fingerprint density at radius 2 is 2.12 bits per heavy atom. The van der Waals surface area contributed by atoms with Crippen molar-refractivity contribution < 1.29 is 14.7 Å². The van der Waals surface area contributed by atoms with Gasteiger partial charge in [0.2, 0.25) is 5.91 Å². The lowest BCUT2D eigenvalue weighted by Gasteiger charge is -2.10. The van der Waals surface area contributed by atoms with Gasteiger partial charge in [0.1, 0.15) is 0 Å². The van der Waals surface area contributed by atoms with E-state index in [1.165, 1.54) is 11.3 Å². The number of nitrogens with zero attached hydrogens (tertiary/aromatic N) is 1. The van der Waals surface area contributed by atoms with Crippen molar-refractivity contribution in [1.29, 1.82) is 0 Å². The average Bonchev–Trinajstić information content (AvgIpc) is 2.66. The highest BCUT2D eigenvalue weighted by atomic mass is 32.1. The van der Waals surface area contributed by atoms with Crippen LogP contribution in [-0.4, -0.2) is 22.0 Å². The number of carboxylic acids is 1. The molecule has 0 unspecified atom stereocenters. The van der Waals surface area contributed by atoms with E-state index < -0.39 is 5.97 Å². The van der Waals surface area contributed by atoms with Crippen molar-refractivity contribution in [2.45, 2.75) is 33.1 Å². The number of anilines is 1. The first-order valence-corrected chi connectivity index (χ1v) is 6.41. The van der Waals surface area contributed by atoms with E-state index in [0.717, 1.165) is 12.8 Å². The molecule has 0 spiro atoms. The molecule has 6 heteroatoms. The molecule has 0 atom stereocenters. The van der Waals surface area contributed by atoms with Gasteiger partial charge in [0.25, 0.3) is 0 Å². The first-order chi connectivity index (χ1) is 8.06. The molecular weight excluding hydrogens is 240 g/mol. The van der Waals surface area contributed by atoms with Crippen molar-refractivity contribution in [2.24, 2.45) is 5.92 Å². The molecule has 1 aromatic rings. The molecule has 0 saturated heterocycles. The molecule has 1 heterocycles. The minimum absolute atomic E-state index is 0.0122. The van der Waals surface area contributed by atoms with Gasteiger partial charge in [-0.1, -0.05) is 13.8 Å². The minimum Gasteiger partial charge on any atom is -0.481 e. The van der Waals surface area contributed by atoms with Gasteiger partial charge in [-0.25, -0.2) is 4.98 Å². The van der Waals surface area contributed by atoms with Gasteiger partial charge < -0.3 is 10.4 Å². The summed E-state index contributed by atoms with van der Waals surface area (Å²) in [6.45, 7) is 3.93. The lowest BCUT2D eigenvalue weighted by atomic mass is 10.0. The molecule has 2 N–H and O–H groups in total. The Morgan fingerprint density at radius 3 is 2.65 bits per heavy atom. The SMILES string of the molecule is CCC(CC)C(=O)Nc1nc(CC(=O)O)cs1. The van der Waals surface area contributed by atoms with Gasteiger partial charge in [0, 0.05) is 11.3 Å². The fourth-order valence-corrected chi connectivity index (χ4v) is 2.18. The Balaban J connectivity index is 2.59. The molecule has 0 aliphatic carbocycles. The zero-order chi connectivity index (χ0) is 12.8. The molecule has 1 amide bonds. The second kappa shape index (κ2) is 6.34. The quantitative estimate of drug-likeness (QED) is 0.817. The first kappa shape index (κ1) is 13.6. The molecular formula is C11H16N2O3S. The van der Waals surface area contributed by atoms with Crippen LogP contribution in [0.1, 0.15) is 32.4 Å². The zero-order valence-corrected chi connectivity index (χ0v) is 10.7. The van der Waals surface area contributed by atoms with Crippen LogP contribution in [0.5, 0.6) is 0 Å². The lowest BCUT2D eigenvalue weighted by molar-refractivity contribution is -0.136. The van der Waals surface area contributed by atoms with Gasteiger partial charge in [-0.05, 0) is 12.8 Å². The Hall–Kier alpha value is -1.43. The van der Waals surface area contributed by atoms with Gasteiger partial charge in [0.05, 0.1) is 12.1 Å². The summed E-state index contributed by atoms with van der Waals surface area (Å²) in [6, 6.07) is 0. The van der Waals surface area contributed by atoms with Gasteiger partial charge in [-0.2, -0.15) is 0 Å². The largest absolute Gasteiger partial charge is 0.481 e. The smallest absolute Gasteiger partial charge is 0.309 e. The molecule has 0 aliphatic rings.